The molecule has 0 fully saturated rings. The third-order valence-corrected chi connectivity index (χ3v) is 4.33. The number of benzene rings is 1. The van der Waals surface area contributed by atoms with Gasteiger partial charge in [-0.25, -0.2) is 0 Å². The SMILES string of the molecule is C=C1/C=C\C(C(N)=O)=C/CN(C)/C=C\1.COCOc1cccc(C(C)C(=O)NS)c1. The minimum Gasteiger partial charge on any atom is -0.468 e. The van der Waals surface area contributed by atoms with Crippen LogP contribution in [0.5, 0.6) is 5.75 Å². The van der Waals surface area contributed by atoms with Crippen LogP contribution in [0.3, 0.4) is 0 Å². The van der Waals surface area contributed by atoms with E-state index < -0.39 is 5.91 Å². The highest BCUT2D eigenvalue weighted by Gasteiger charge is 2.14. The molecular formula is C22H29N3O4S. The summed E-state index contributed by atoms with van der Waals surface area (Å²) < 4.78 is 12.4. The summed E-state index contributed by atoms with van der Waals surface area (Å²) in [5, 5.41) is 0. The molecule has 0 radical (unpaired) electrons. The Bertz CT molecular complexity index is 833. The molecule has 162 valence electrons. The number of amides is 2. The molecule has 2 rings (SSSR count). The van der Waals surface area contributed by atoms with E-state index in [9.17, 15) is 9.59 Å². The Hall–Kier alpha value is -2.97. The number of hydrogen-bond acceptors (Lipinski definition) is 6. The zero-order valence-corrected chi connectivity index (χ0v) is 18.4. The van der Waals surface area contributed by atoms with Gasteiger partial charge in [0.05, 0.1) is 5.92 Å². The van der Waals surface area contributed by atoms with E-state index in [1.807, 2.05) is 48.5 Å². The number of primary amides is 1. The molecule has 8 heteroatoms. The quantitative estimate of drug-likeness (QED) is 0.476. The largest absolute Gasteiger partial charge is 0.468 e. The number of nitrogens with two attached hydrogens (primary N) is 1. The molecule has 0 saturated carbocycles. The first-order valence-electron chi connectivity index (χ1n) is 9.19. The average Bonchev–Trinajstić information content (AvgIpc) is 2.83. The monoisotopic (exact) mass is 431 g/mol. The lowest BCUT2D eigenvalue weighted by atomic mass is 10.0. The topological polar surface area (TPSA) is 93.9 Å². The second-order valence-corrected chi connectivity index (χ2v) is 6.73. The second-order valence-electron chi connectivity index (χ2n) is 6.51. The van der Waals surface area contributed by atoms with E-state index in [-0.39, 0.29) is 18.6 Å². The zero-order valence-electron chi connectivity index (χ0n) is 17.5. The number of rotatable bonds is 6. The highest BCUT2D eigenvalue weighted by atomic mass is 32.1. The molecule has 30 heavy (non-hydrogen) atoms. The van der Waals surface area contributed by atoms with E-state index in [0.717, 1.165) is 11.1 Å². The zero-order chi connectivity index (χ0) is 22.5. The van der Waals surface area contributed by atoms with Crippen LogP contribution < -0.4 is 15.2 Å². The van der Waals surface area contributed by atoms with Crippen LogP contribution in [0.1, 0.15) is 18.4 Å². The van der Waals surface area contributed by atoms with E-state index in [1.165, 1.54) is 0 Å². The Morgan fingerprint density at radius 3 is 2.70 bits per heavy atom. The van der Waals surface area contributed by atoms with Crippen LogP contribution in [0, 0.1) is 0 Å². The number of carbonyl (C=O) groups excluding carboxylic acids is 2. The lowest BCUT2D eigenvalue weighted by Gasteiger charge is -2.11. The molecule has 1 aromatic carbocycles. The number of ether oxygens (including phenoxy) is 2. The fraction of sp³-hybridized carbons (Fsp3) is 0.273. The highest BCUT2D eigenvalue weighted by molar-refractivity contribution is 7.78. The average molecular weight is 432 g/mol. The Balaban J connectivity index is 0.000000303. The first kappa shape index (κ1) is 25.1. The van der Waals surface area contributed by atoms with E-state index in [4.69, 9.17) is 15.2 Å². The standard InChI is InChI=1S/C11H14N2O.C11H15NO3S/c1-9-3-4-10(11(12)14)6-8-13(2)7-5-9;1-8(11(13)12-16)9-4-3-5-10(6-9)15-7-14-2/h3-7H,1,8H2,2H3,(H2,12,14);3-6,8,16H,7H2,1-2H3,(H,12,13)/b4-3-,7-5-,10-6+;. The number of hydrogen-bond donors (Lipinski definition) is 3. The molecule has 0 aromatic heterocycles. The van der Waals surface area contributed by atoms with Crippen LogP contribution in [0.4, 0.5) is 0 Å². The third-order valence-electron chi connectivity index (χ3n) is 4.11. The molecule has 3 N–H and O–H groups in total. The van der Waals surface area contributed by atoms with Crippen molar-refractivity contribution in [3.05, 3.63) is 78.1 Å². The molecule has 1 aliphatic rings. The van der Waals surface area contributed by atoms with Crippen LogP contribution >= 0.6 is 12.8 Å². The van der Waals surface area contributed by atoms with Crippen molar-refractivity contribution in [1.29, 1.82) is 0 Å². The van der Waals surface area contributed by atoms with E-state index in [2.05, 4.69) is 24.1 Å². The Labute approximate surface area is 183 Å². The lowest BCUT2D eigenvalue weighted by Crippen LogP contribution is -2.19. The molecule has 1 aliphatic heterocycles. The van der Waals surface area contributed by atoms with Crippen LogP contribution in [0.15, 0.2) is 72.5 Å². The summed E-state index contributed by atoms with van der Waals surface area (Å²) in [5.41, 5.74) is 7.43. The van der Waals surface area contributed by atoms with Crippen molar-refractivity contribution >= 4 is 24.6 Å². The predicted molar refractivity (Wildman–Crippen MR) is 122 cm³/mol. The first-order chi connectivity index (χ1) is 14.3. The molecule has 0 bridgehead atoms. The van der Waals surface area contributed by atoms with Gasteiger partial charge in [-0.3, -0.25) is 9.59 Å². The minimum absolute atomic E-state index is 0.146. The normalized spacial score (nSPS) is 18.2. The number of carbonyl (C=O) groups is 2. The molecule has 1 heterocycles. The number of allylic oxidation sites excluding steroid dienone is 3. The number of methoxy groups -OCH3 is 1. The van der Waals surface area contributed by atoms with Gasteiger partial charge < -0.3 is 24.8 Å². The summed E-state index contributed by atoms with van der Waals surface area (Å²) in [6.07, 6.45) is 9.05. The number of nitrogens with one attached hydrogen (secondary N) is 1. The van der Waals surface area contributed by atoms with Gasteiger partial charge in [-0.05, 0) is 48.5 Å². The summed E-state index contributed by atoms with van der Waals surface area (Å²) >= 11 is 3.74. The van der Waals surface area contributed by atoms with E-state index in [0.29, 0.717) is 17.9 Å². The summed E-state index contributed by atoms with van der Waals surface area (Å²) in [5.74, 6) is -0.140. The maximum absolute atomic E-state index is 11.4. The second kappa shape index (κ2) is 13.3. The van der Waals surface area contributed by atoms with Crippen molar-refractivity contribution in [2.75, 3.05) is 27.5 Å². The summed E-state index contributed by atoms with van der Waals surface area (Å²) in [7, 11) is 3.48. The fourth-order valence-corrected chi connectivity index (χ4v) is 2.47. The maximum Gasteiger partial charge on any atom is 0.248 e. The van der Waals surface area contributed by atoms with Gasteiger partial charge in [-0.15, -0.1) is 0 Å². The van der Waals surface area contributed by atoms with E-state index in [1.54, 1.807) is 32.3 Å². The van der Waals surface area contributed by atoms with Gasteiger partial charge >= 0.3 is 0 Å². The molecule has 7 nitrogen and oxygen atoms in total. The van der Waals surface area contributed by atoms with Gasteiger partial charge in [-0.1, -0.05) is 43.7 Å². The third kappa shape index (κ3) is 9.02. The molecule has 0 aliphatic carbocycles. The Morgan fingerprint density at radius 1 is 1.33 bits per heavy atom. The van der Waals surface area contributed by atoms with Gasteiger partial charge in [-0.2, -0.15) is 0 Å². The summed E-state index contributed by atoms with van der Waals surface area (Å²) in [4.78, 5) is 24.3. The van der Waals surface area contributed by atoms with Crippen LogP contribution in [-0.4, -0.2) is 44.2 Å². The molecule has 1 atom stereocenters. The number of thiol groups is 1. The van der Waals surface area contributed by atoms with Crippen molar-refractivity contribution in [2.45, 2.75) is 12.8 Å². The van der Waals surface area contributed by atoms with Gasteiger partial charge in [0.15, 0.2) is 6.79 Å². The van der Waals surface area contributed by atoms with E-state index >= 15 is 0 Å². The van der Waals surface area contributed by atoms with Gasteiger partial charge in [0, 0.05) is 26.3 Å². The first-order valence-corrected chi connectivity index (χ1v) is 9.64. The van der Waals surface area contributed by atoms with Gasteiger partial charge in [0.25, 0.3) is 0 Å². The van der Waals surface area contributed by atoms with Crippen molar-refractivity contribution in [3.8, 4) is 5.75 Å². The smallest absolute Gasteiger partial charge is 0.248 e. The van der Waals surface area contributed by atoms with Crippen LogP contribution in [-0.2, 0) is 14.3 Å². The summed E-state index contributed by atoms with van der Waals surface area (Å²) in [6.45, 7) is 6.46. The summed E-state index contributed by atoms with van der Waals surface area (Å²) in [6, 6.07) is 7.33. The van der Waals surface area contributed by atoms with Crippen molar-refractivity contribution in [2.24, 2.45) is 5.73 Å². The number of nitrogens with zero attached hydrogens (tertiary/aromatic N) is 1. The molecular weight excluding hydrogens is 402 g/mol. The maximum atomic E-state index is 11.4. The lowest BCUT2D eigenvalue weighted by molar-refractivity contribution is -0.120. The fourth-order valence-electron chi connectivity index (χ4n) is 2.28. The van der Waals surface area contributed by atoms with Crippen molar-refractivity contribution < 1.29 is 19.1 Å². The Kier molecular flexibility index (Phi) is 11.1. The molecule has 2 amide bonds. The predicted octanol–water partition coefficient (Wildman–Crippen LogP) is 2.70. The molecule has 0 spiro atoms. The minimum atomic E-state index is -0.413. The van der Waals surface area contributed by atoms with Gasteiger partial charge in [0.1, 0.15) is 5.75 Å². The highest BCUT2D eigenvalue weighted by Crippen LogP contribution is 2.21. The van der Waals surface area contributed by atoms with Crippen molar-refractivity contribution in [3.63, 3.8) is 0 Å². The molecule has 0 saturated heterocycles. The van der Waals surface area contributed by atoms with Crippen LogP contribution in [0.25, 0.3) is 0 Å². The Morgan fingerprint density at radius 2 is 2.07 bits per heavy atom. The molecule has 1 unspecified atom stereocenters. The van der Waals surface area contributed by atoms with Crippen molar-refractivity contribution in [1.82, 2.24) is 9.62 Å². The van der Waals surface area contributed by atoms with Gasteiger partial charge in [0.2, 0.25) is 11.8 Å². The number of likely N-dealkylation sites (N-methyl/N-ethyl adjacent to an activating group) is 1. The molecule has 1 aromatic rings. The van der Waals surface area contributed by atoms with Crippen LogP contribution in [0.2, 0.25) is 0 Å².